The van der Waals surface area contributed by atoms with Gasteiger partial charge in [-0.3, -0.25) is 19.5 Å². The maximum atomic E-state index is 13.1. The van der Waals surface area contributed by atoms with Gasteiger partial charge < -0.3 is 5.11 Å². The summed E-state index contributed by atoms with van der Waals surface area (Å²) >= 11 is 0. The Morgan fingerprint density at radius 3 is 2.10 bits per heavy atom. The number of amides is 1. The van der Waals surface area contributed by atoms with Gasteiger partial charge in [0.15, 0.2) is 11.5 Å². The maximum Gasteiger partial charge on any atom is 0.294 e. The van der Waals surface area contributed by atoms with Crippen molar-refractivity contribution in [2.45, 2.75) is 53.0 Å². The van der Waals surface area contributed by atoms with Crippen LogP contribution in [0.5, 0.6) is 0 Å². The van der Waals surface area contributed by atoms with Gasteiger partial charge in [0.2, 0.25) is 0 Å². The first-order chi connectivity index (χ1) is 13.4. The van der Waals surface area contributed by atoms with Crippen molar-refractivity contribution in [3.05, 3.63) is 71.3 Å². The van der Waals surface area contributed by atoms with Gasteiger partial charge in [0.1, 0.15) is 6.04 Å². The van der Waals surface area contributed by atoms with E-state index in [-0.39, 0.29) is 16.8 Å². The smallest absolute Gasteiger partial charge is 0.294 e. The average molecular weight is 392 g/mol. The number of hydrogen-bond donors (Lipinski definition) is 1. The van der Waals surface area contributed by atoms with E-state index in [1.807, 2.05) is 30.3 Å². The lowest BCUT2D eigenvalue weighted by Gasteiger charge is -2.29. The summed E-state index contributed by atoms with van der Waals surface area (Å²) in [6.45, 7) is 11.7. The first-order valence-electron chi connectivity index (χ1n) is 9.76. The van der Waals surface area contributed by atoms with Crippen molar-refractivity contribution in [2.24, 2.45) is 5.41 Å². The lowest BCUT2D eigenvalue weighted by Crippen LogP contribution is -2.33. The van der Waals surface area contributed by atoms with Gasteiger partial charge >= 0.3 is 0 Å². The van der Waals surface area contributed by atoms with Gasteiger partial charge in [-0.15, -0.1) is 0 Å². The van der Waals surface area contributed by atoms with Crippen LogP contribution in [0.25, 0.3) is 0 Å². The molecule has 0 saturated heterocycles. The van der Waals surface area contributed by atoms with Crippen molar-refractivity contribution in [2.75, 3.05) is 4.90 Å². The molecule has 0 aliphatic carbocycles. The number of aliphatic hydroxyl groups excluding tert-OH is 1. The highest BCUT2D eigenvalue weighted by atomic mass is 16.3. The fraction of sp³-hybridized carbons (Fsp3) is 0.375. The average Bonchev–Trinajstić information content (AvgIpc) is 2.91. The largest absolute Gasteiger partial charge is 0.503 e. The molecule has 1 atom stereocenters. The molecule has 1 aliphatic rings. The summed E-state index contributed by atoms with van der Waals surface area (Å²) in [5, 5.41) is 10.7. The Morgan fingerprint density at radius 2 is 1.62 bits per heavy atom. The molecule has 2 aromatic rings. The van der Waals surface area contributed by atoms with Crippen LogP contribution in [-0.4, -0.2) is 21.8 Å². The molecule has 152 valence electrons. The van der Waals surface area contributed by atoms with Crippen molar-refractivity contribution in [1.29, 1.82) is 0 Å². The molecule has 1 aromatic heterocycles. The molecular formula is C24H28N2O3. The minimum Gasteiger partial charge on any atom is -0.503 e. The molecule has 0 fully saturated rings. The van der Waals surface area contributed by atoms with Crippen LogP contribution in [0.1, 0.15) is 58.8 Å². The van der Waals surface area contributed by atoms with Crippen LogP contribution in [-0.2, 0) is 15.0 Å². The lowest BCUT2D eigenvalue weighted by atomic mass is 9.83. The van der Waals surface area contributed by atoms with Gasteiger partial charge in [0.05, 0.1) is 11.3 Å². The van der Waals surface area contributed by atoms with E-state index in [0.29, 0.717) is 11.4 Å². The molecule has 1 aromatic carbocycles. The summed E-state index contributed by atoms with van der Waals surface area (Å²) in [4.78, 5) is 32.0. The third-order valence-electron chi connectivity index (χ3n) is 5.11. The Kier molecular flexibility index (Phi) is 5.11. The van der Waals surface area contributed by atoms with Crippen molar-refractivity contribution in [1.82, 2.24) is 4.98 Å². The van der Waals surface area contributed by atoms with Crippen LogP contribution < -0.4 is 4.90 Å². The van der Waals surface area contributed by atoms with Gasteiger partial charge in [-0.05, 0) is 35.2 Å². The second kappa shape index (κ2) is 7.14. The van der Waals surface area contributed by atoms with E-state index in [4.69, 9.17) is 0 Å². The van der Waals surface area contributed by atoms with Crippen molar-refractivity contribution >= 4 is 17.4 Å². The number of anilines is 1. The second-order valence-electron chi connectivity index (χ2n) is 9.47. The Hall–Kier alpha value is -2.95. The molecule has 0 bridgehead atoms. The zero-order valence-corrected chi connectivity index (χ0v) is 17.9. The van der Waals surface area contributed by atoms with E-state index >= 15 is 0 Å². The first-order valence-corrected chi connectivity index (χ1v) is 9.76. The molecule has 29 heavy (non-hydrogen) atoms. The quantitative estimate of drug-likeness (QED) is 0.807. The number of ketones is 1. The van der Waals surface area contributed by atoms with Gasteiger partial charge in [-0.1, -0.05) is 59.7 Å². The summed E-state index contributed by atoms with van der Waals surface area (Å²) in [6.07, 6.45) is 1.62. The van der Waals surface area contributed by atoms with E-state index in [2.05, 4.69) is 25.8 Å². The van der Waals surface area contributed by atoms with Crippen LogP contribution in [0.2, 0.25) is 0 Å². The van der Waals surface area contributed by atoms with Crippen LogP contribution in [0.3, 0.4) is 0 Å². The Labute approximate surface area is 172 Å². The second-order valence-corrected chi connectivity index (χ2v) is 9.47. The van der Waals surface area contributed by atoms with E-state index in [1.54, 1.807) is 39.1 Å². The number of aromatic nitrogens is 1. The predicted octanol–water partition coefficient (Wildman–Crippen LogP) is 4.89. The monoisotopic (exact) mass is 392 g/mol. The highest BCUT2D eigenvalue weighted by Gasteiger charge is 2.47. The first kappa shape index (κ1) is 20.8. The van der Waals surface area contributed by atoms with E-state index in [0.717, 1.165) is 5.56 Å². The molecule has 0 radical (unpaired) electrons. The van der Waals surface area contributed by atoms with Crippen molar-refractivity contribution < 1.29 is 14.7 Å². The Morgan fingerprint density at radius 1 is 1.00 bits per heavy atom. The number of carbonyl (C=O) groups excluding carboxylic acids is 2. The molecule has 1 aliphatic heterocycles. The molecule has 1 unspecified atom stereocenters. The normalized spacial score (nSPS) is 17.8. The van der Waals surface area contributed by atoms with Crippen LogP contribution in [0.15, 0.2) is 60.0 Å². The minimum atomic E-state index is -0.768. The summed E-state index contributed by atoms with van der Waals surface area (Å²) in [6, 6.07) is 12.2. The van der Waals surface area contributed by atoms with Gasteiger partial charge in [-0.2, -0.15) is 0 Å². The van der Waals surface area contributed by atoms with E-state index in [1.165, 1.54) is 4.90 Å². The zero-order chi connectivity index (χ0) is 21.6. The summed E-state index contributed by atoms with van der Waals surface area (Å²) in [7, 11) is 0. The molecule has 1 N–H and O–H groups in total. The number of aliphatic hydroxyl groups is 1. The predicted molar refractivity (Wildman–Crippen MR) is 114 cm³/mol. The summed E-state index contributed by atoms with van der Waals surface area (Å²) < 4.78 is 0. The SMILES string of the molecule is CC(C)(C)C(=O)C1=C(O)C(=O)N(c2ccc(C(C)(C)C)cc2)C1c1ccccn1. The van der Waals surface area contributed by atoms with Crippen LogP contribution >= 0.6 is 0 Å². The third kappa shape index (κ3) is 3.82. The van der Waals surface area contributed by atoms with Gasteiger partial charge in [0.25, 0.3) is 5.91 Å². The molecule has 1 amide bonds. The number of Topliss-reactive ketones (excluding diaryl/α,β-unsaturated/α-hetero) is 1. The Bertz CT molecular complexity index is 962. The summed E-state index contributed by atoms with van der Waals surface area (Å²) in [5.41, 5.74) is 1.61. The fourth-order valence-corrected chi connectivity index (χ4v) is 3.45. The molecule has 5 heteroatoms. The molecule has 5 nitrogen and oxygen atoms in total. The fourth-order valence-electron chi connectivity index (χ4n) is 3.45. The minimum absolute atomic E-state index is 0.0261. The molecule has 0 spiro atoms. The highest BCUT2D eigenvalue weighted by molar-refractivity contribution is 6.17. The van der Waals surface area contributed by atoms with Gasteiger partial charge in [-0.25, -0.2) is 0 Å². The van der Waals surface area contributed by atoms with Crippen LogP contribution in [0.4, 0.5) is 5.69 Å². The van der Waals surface area contributed by atoms with E-state index < -0.39 is 23.1 Å². The number of pyridine rings is 1. The number of nitrogens with zero attached hydrogens (tertiary/aromatic N) is 2. The number of carbonyl (C=O) groups is 2. The van der Waals surface area contributed by atoms with Gasteiger partial charge in [0, 0.05) is 17.3 Å². The zero-order valence-electron chi connectivity index (χ0n) is 17.9. The topological polar surface area (TPSA) is 70.5 Å². The third-order valence-corrected chi connectivity index (χ3v) is 5.11. The lowest BCUT2D eigenvalue weighted by molar-refractivity contribution is -0.123. The van der Waals surface area contributed by atoms with Crippen molar-refractivity contribution in [3.8, 4) is 0 Å². The number of benzene rings is 1. The van der Waals surface area contributed by atoms with Crippen molar-refractivity contribution in [3.63, 3.8) is 0 Å². The summed E-state index contributed by atoms with van der Waals surface area (Å²) in [5.74, 6) is -1.36. The molecular weight excluding hydrogens is 364 g/mol. The van der Waals surface area contributed by atoms with Crippen LogP contribution in [0, 0.1) is 5.41 Å². The number of rotatable bonds is 3. The molecule has 2 heterocycles. The molecule has 0 saturated carbocycles. The molecule has 3 rings (SSSR count). The number of hydrogen-bond acceptors (Lipinski definition) is 4. The Balaban J connectivity index is 2.14. The maximum absolute atomic E-state index is 13.1. The van der Waals surface area contributed by atoms with E-state index in [9.17, 15) is 14.7 Å². The highest BCUT2D eigenvalue weighted by Crippen LogP contribution is 2.43. The standard InChI is InChI=1S/C24H28N2O3/c1-23(2,3)15-10-12-16(13-11-15)26-19(17-9-7-8-14-25-17)18(20(27)22(26)29)21(28)24(4,5)6/h7-14,19,27H,1-6H3.